The molecule has 0 aromatic heterocycles. The van der Waals surface area contributed by atoms with Crippen molar-refractivity contribution in [1.82, 2.24) is 20.4 Å². The van der Waals surface area contributed by atoms with Gasteiger partial charge in [-0.1, -0.05) is 54.1 Å². The van der Waals surface area contributed by atoms with Crippen LogP contribution in [0.1, 0.15) is 49.3 Å². The minimum absolute atomic E-state index is 0. The fourth-order valence-corrected chi connectivity index (χ4v) is 5.17. The maximum absolute atomic E-state index is 13.3. The minimum Gasteiger partial charge on any atom is -0.349 e. The van der Waals surface area contributed by atoms with Crippen LogP contribution >= 0.6 is 24.0 Å². The molecule has 2 aromatic rings. The van der Waals surface area contributed by atoms with E-state index in [1.54, 1.807) is 12.1 Å². The van der Waals surface area contributed by atoms with Crippen molar-refractivity contribution in [2.45, 2.75) is 50.2 Å². The molecule has 4 amide bonds. The Morgan fingerprint density at radius 1 is 1.06 bits per heavy atom. The number of carbonyl (C=O) groups excluding carboxylic acids is 3. The van der Waals surface area contributed by atoms with Crippen molar-refractivity contribution in [3.8, 4) is 0 Å². The van der Waals surface area contributed by atoms with E-state index in [1.807, 2.05) is 30.3 Å². The van der Waals surface area contributed by atoms with Crippen molar-refractivity contribution in [1.29, 1.82) is 0 Å². The van der Waals surface area contributed by atoms with Gasteiger partial charge in [-0.15, -0.1) is 12.4 Å². The average molecular weight is 531 g/mol. The van der Waals surface area contributed by atoms with Gasteiger partial charge in [-0.2, -0.15) is 0 Å². The Hall–Kier alpha value is -2.61. The highest BCUT2D eigenvalue weighted by molar-refractivity contribution is 6.30. The molecule has 1 aliphatic carbocycles. The summed E-state index contributed by atoms with van der Waals surface area (Å²) in [7, 11) is 0. The van der Waals surface area contributed by atoms with E-state index in [2.05, 4.69) is 27.7 Å². The maximum Gasteiger partial charge on any atom is 0.325 e. The number of nitrogens with zero attached hydrogens (tertiary/aromatic N) is 2. The number of imide groups is 1. The molecule has 36 heavy (non-hydrogen) atoms. The number of nitrogens with one attached hydrogen (secondary N) is 2. The molecule has 7 nitrogen and oxygen atoms in total. The average Bonchev–Trinajstić information content (AvgIpc) is 3.70. The molecule has 0 bridgehead atoms. The summed E-state index contributed by atoms with van der Waals surface area (Å²) in [5, 5.41) is 6.84. The molecule has 3 fully saturated rings. The topological polar surface area (TPSA) is 81.8 Å². The molecule has 2 N–H and O–H groups in total. The lowest BCUT2D eigenvalue weighted by Gasteiger charge is -2.37. The highest BCUT2D eigenvalue weighted by Crippen LogP contribution is 2.32. The maximum atomic E-state index is 13.3. The number of carbonyl (C=O) groups is 3. The third-order valence-electron chi connectivity index (χ3n) is 7.41. The number of halogens is 2. The largest absolute Gasteiger partial charge is 0.349 e. The predicted octanol–water partition coefficient (Wildman–Crippen LogP) is 4.31. The van der Waals surface area contributed by atoms with Gasteiger partial charge in [0.25, 0.3) is 5.91 Å². The smallest absolute Gasteiger partial charge is 0.325 e. The van der Waals surface area contributed by atoms with E-state index in [4.69, 9.17) is 11.6 Å². The lowest BCUT2D eigenvalue weighted by Crippen LogP contribution is -2.55. The fourth-order valence-electron chi connectivity index (χ4n) is 5.04. The second kappa shape index (κ2) is 11.2. The second-order valence-electron chi connectivity index (χ2n) is 9.91. The summed E-state index contributed by atoms with van der Waals surface area (Å²) in [5.41, 5.74) is 1.16. The van der Waals surface area contributed by atoms with Crippen LogP contribution in [0, 0.1) is 5.92 Å². The zero-order chi connectivity index (χ0) is 24.4. The van der Waals surface area contributed by atoms with Gasteiger partial charge >= 0.3 is 6.03 Å². The Kier molecular flexibility index (Phi) is 8.23. The molecular formula is C27H32Cl2N4O3. The number of benzene rings is 2. The molecule has 192 valence electrons. The van der Waals surface area contributed by atoms with E-state index in [1.165, 1.54) is 4.90 Å². The van der Waals surface area contributed by atoms with E-state index < -0.39 is 5.54 Å². The molecule has 2 aromatic carbocycles. The Balaban J connectivity index is 0.00000304. The first-order valence-electron chi connectivity index (χ1n) is 12.4. The number of urea groups is 1. The van der Waals surface area contributed by atoms with Gasteiger partial charge in [-0.05, 0) is 55.4 Å². The van der Waals surface area contributed by atoms with E-state index in [0.29, 0.717) is 17.9 Å². The summed E-state index contributed by atoms with van der Waals surface area (Å²) in [6.07, 6.45) is 3.93. The van der Waals surface area contributed by atoms with Gasteiger partial charge in [-0.25, -0.2) is 4.79 Å². The Morgan fingerprint density at radius 3 is 2.36 bits per heavy atom. The number of rotatable bonds is 8. The molecule has 2 saturated heterocycles. The molecular weight excluding hydrogens is 499 g/mol. The molecule has 2 heterocycles. The van der Waals surface area contributed by atoms with E-state index >= 15 is 0 Å². The zero-order valence-corrected chi connectivity index (χ0v) is 21.7. The third kappa shape index (κ3) is 5.85. The third-order valence-corrected chi connectivity index (χ3v) is 7.66. The van der Waals surface area contributed by atoms with Crippen LogP contribution in [0.15, 0.2) is 54.6 Å². The van der Waals surface area contributed by atoms with E-state index in [0.717, 1.165) is 50.0 Å². The van der Waals surface area contributed by atoms with Gasteiger partial charge < -0.3 is 15.5 Å². The van der Waals surface area contributed by atoms with Gasteiger partial charge in [0.05, 0.1) is 12.6 Å². The molecule has 2 aliphatic heterocycles. The van der Waals surface area contributed by atoms with Crippen LogP contribution < -0.4 is 10.6 Å². The molecule has 0 unspecified atom stereocenters. The summed E-state index contributed by atoms with van der Waals surface area (Å²) in [5.74, 6) is 0.177. The van der Waals surface area contributed by atoms with Crippen LogP contribution in [0.4, 0.5) is 4.79 Å². The number of hydrogen-bond acceptors (Lipinski definition) is 4. The van der Waals surface area contributed by atoms with Crippen molar-refractivity contribution < 1.29 is 14.4 Å². The van der Waals surface area contributed by atoms with Crippen LogP contribution in [0.2, 0.25) is 5.02 Å². The summed E-state index contributed by atoms with van der Waals surface area (Å²) >= 11 is 5.95. The Morgan fingerprint density at radius 2 is 1.72 bits per heavy atom. The van der Waals surface area contributed by atoms with Crippen molar-refractivity contribution >= 4 is 41.9 Å². The van der Waals surface area contributed by atoms with Crippen molar-refractivity contribution in [2.24, 2.45) is 5.92 Å². The van der Waals surface area contributed by atoms with Gasteiger partial charge in [0.15, 0.2) is 0 Å². The Bertz CT molecular complexity index is 1080. The van der Waals surface area contributed by atoms with Crippen molar-refractivity contribution in [3.05, 3.63) is 70.7 Å². The molecule has 1 saturated carbocycles. The SMILES string of the molecule is Cl.O=C(N[C@@H](CCN1CCC2(CC1)NC(=O)N(Cc1ccc(Cl)cc1)C2=O)c1ccccc1)C1CC1. The monoisotopic (exact) mass is 530 g/mol. The lowest BCUT2D eigenvalue weighted by atomic mass is 9.87. The normalized spacial score (nSPS) is 20.1. The number of piperidine rings is 1. The zero-order valence-electron chi connectivity index (χ0n) is 20.1. The first-order chi connectivity index (χ1) is 16.9. The first kappa shape index (κ1) is 26.5. The molecule has 1 atom stereocenters. The van der Waals surface area contributed by atoms with Gasteiger partial charge in [0.1, 0.15) is 5.54 Å². The van der Waals surface area contributed by atoms with Crippen LogP contribution in [-0.4, -0.2) is 52.8 Å². The van der Waals surface area contributed by atoms with E-state index in [-0.39, 0.29) is 48.8 Å². The Labute approximate surface area is 223 Å². The van der Waals surface area contributed by atoms with Gasteiger partial charge in [0, 0.05) is 30.6 Å². The quantitative estimate of drug-likeness (QED) is 0.498. The molecule has 0 radical (unpaired) electrons. The van der Waals surface area contributed by atoms with Gasteiger partial charge in [0.2, 0.25) is 5.91 Å². The molecule has 1 spiro atoms. The van der Waals surface area contributed by atoms with Crippen molar-refractivity contribution in [2.75, 3.05) is 19.6 Å². The number of amides is 4. The summed E-state index contributed by atoms with van der Waals surface area (Å²) in [6.45, 7) is 2.50. The number of likely N-dealkylation sites (tertiary alicyclic amines) is 1. The van der Waals surface area contributed by atoms with Crippen LogP contribution in [0.5, 0.6) is 0 Å². The standard InChI is InChI=1S/C27H31ClN4O3.ClH/c28-22-10-6-19(7-11-22)18-32-25(34)27(30-26(32)35)13-16-31(17-14-27)15-12-23(20-4-2-1-3-5-20)29-24(33)21-8-9-21;/h1-7,10-11,21,23H,8-9,12-18H2,(H,29,33)(H,30,35);1H/t23-;/m0./s1. The highest BCUT2D eigenvalue weighted by atomic mass is 35.5. The number of hydrogen-bond donors (Lipinski definition) is 2. The van der Waals surface area contributed by atoms with Crippen LogP contribution in [0.3, 0.4) is 0 Å². The molecule has 9 heteroatoms. The lowest BCUT2D eigenvalue weighted by molar-refractivity contribution is -0.133. The van der Waals surface area contributed by atoms with Crippen LogP contribution in [-0.2, 0) is 16.1 Å². The second-order valence-corrected chi connectivity index (χ2v) is 10.3. The van der Waals surface area contributed by atoms with Gasteiger partial charge in [-0.3, -0.25) is 14.5 Å². The highest BCUT2D eigenvalue weighted by Gasteiger charge is 2.52. The molecule has 5 rings (SSSR count). The van der Waals surface area contributed by atoms with E-state index in [9.17, 15) is 14.4 Å². The summed E-state index contributed by atoms with van der Waals surface area (Å²) in [4.78, 5) is 42.0. The minimum atomic E-state index is -0.820. The van der Waals surface area contributed by atoms with Crippen molar-refractivity contribution in [3.63, 3.8) is 0 Å². The first-order valence-corrected chi connectivity index (χ1v) is 12.8. The fraction of sp³-hybridized carbons (Fsp3) is 0.444. The summed E-state index contributed by atoms with van der Waals surface area (Å²) in [6, 6.07) is 16.9. The summed E-state index contributed by atoms with van der Waals surface area (Å²) < 4.78 is 0. The van der Waals surface area contributed by atoms with Crippen LogP contribution in [0.25, 0.3) is 0 Å². The predicted molar refractivity (Wildman–Crippen MR) is 141 cm³/mol. The molecule has 3 aliphatic rings.